The molecule has 0 unspecified atom stereocenters. The van der Waals surface area contributed by atoms with E-state index < -0.39 is 10.1 Å². The number of rotatable bonds is 11. The highest BCUT2D eigenvalue weighted by atomic mass is 32.2. The Bertz CT molecular complexity index is 1970. The average molecular weight is 674 g/mol. The number of para-hydroxylation sites is 1. The van der Waals surface area contributed by atoms with Crippen LogP contribution in [-0.2, 0) is 28.4 Å². The molecule has 0 aliphatic heterocycles. The largest absolute Gasteiger partial charge is 0.496 e. The number of likely N-dealkylation sites (N-methyl/N-ethyl adjacent to an activating group) is 1. The van der Waals surface area contributed by atoms with Crippen molar-refractivity contribution in [1.29, 1.82) is 0 Å². The van der Waals surface area contributed by atoms with Crippen LogP contribution in [0.25, 0.3) is 22.2 Å². The van der Waals surface area contributed by atoms with Crippen LogP contribution in [0.1, 0.15) is 24.4 Å². The predicted octanol–water partition coefficient (Wildman–Crippen LogP) is 6.18. The van der Waals surface area contributed by atoms with Crippen molar-refractivity contribution >= 4 is 32.6 Å². The number of nitrogens with one attached hydrogen (secondary N) is 1. The van der Waals surface area contributed by atoms with Crippen molar-refractivity contribution in [2.75, 3.05) is 39.7 Å². The SMILES string of the molecule is C.C=CC(=O)Nc1cc(Cc2nccc(-c3cn(C)c4ccccc34)n2)c(OC)cc1OCCN(C)C.Cc1ccc(S(=O)(=O)O)cc1. The van der Waals surface area contributed by atoms with Gasteiger partial charge in [-0.15, -0.1) is 0 Å². The van der Waals surface area contributed by atoms with Gasteiger partial charge in [0.15, 0.2) is 0 Å². The molecule has 0 bridgehead atoms. The predicted molar refractivity (Wildman–Crippen MR) is 190 cm³/mol. The van der Waals surface area contributed by atoms with Gasteiger partial charge in [0.05, 0.1) is 23.4 Å². The summed E-state index contributed by atoms with van der Waals surface area (Å²) < 4.78 is 43.3. The van der Waals surface area contributed by atoms with Crippen molar-refractivity contribution < 1.29 is 27.2 Å². The number of aromatic nitrogens is 3. The summed E-state index contributed by atoms with van der Waals surface area (Å²) in [5, 5.41) is 3.98. The number of aryl methyl sites for hydroxylation is 2. The molecule has 254 valence electrons. The number of amides is 1. The highest BCUT2D eigenvalue weighted by molar-refractivity contribution is 7.85. The molecule has 0 saturated carbocycles. The lowest BCUT2D eigenvalue weighted by atomic mass is 10.1. The number of methoxy groups -OCH3 is 1. The Morgan fingerprint density at radius 1 is 1.08 bits per heavy atom. The molecule has 0 radical (unpaired) electrons. The molecule has 1 amide bonds. The van der Waals surface area contributed by atoms with Crippen LogP contribution in [0.5, 0.6) is 11.5 Å². The lowest BCUT2D eigenvalue weighted by Gasteiger charge is -2.17. The third kappa shape index (κ3) is 9.74. The Morgan fingerprint density at radius 2 is 1.79 bits per heavy atom. The number of hydrogen-bond donors (Lipinski definition) is 2. The Hall–Kier alpha value is -5.04. The van der Waals surface area contributed by atoms with E-state index in [0.717, 1.165) is 39.8 Å². The number of nitrogens with zero attached hydrogens (tertiary/aromatic N) is 4. The molecule has 0 saturated heterocycles. The molecule has 0 aliphatic rings. The standard InChI is InChI=1S/C28H31N5O3.C7H8O3S.CH4/c1-6-28(34)31-23-15-19(25(35-5)17-26(23)36-14-13-32(2)3)16-27-29-12-11-22(30-27)21-18-33(4)24-10-8-7-9-20(21)24;1-6-2-4-7(5-3-6)11(8,9)10;/h6-12,15,17-18H,1,13-14,16H2,2-5H3,(H,31,34);2-5H,1H3,(H,8,9,10);1H4. The zero-order valence-electron chi connectivity index (χ0n) is 27.1. The van der Waals surface area contributed by atoms with Gasteiger partial charge in [-0.1, -0.05) is 49.9 Å². The number of carbonyl (C=O) groups excluding carboxylic acids is 1. The van der Waals surface area contributed by atoms with Crippen LogP contribution >= 0.6 is 0 Å². The van der Waals surface area contributed by atoms with Gasteiger partial charge in [-0.2, -0.15) is 8.42 Å². The molecule has 0 aliphatic carbocycles. The van der Waals surface area contributed by atoms with E-state index in [2.05, 4.69) is 39.8 Å². The van der Waals surface area contributed by atoms with Gasteiger partial charge in [0.1, 0.15) is 23.9 Å². The van der Waals surface area contributed by atoms with Crippen LogP contribution in [0.15, 0.2) is 96.7 Å². The summed E-state index contributed by atoms with van der Waals surface area (Å²) in [5.41, 5.74) is 5.36. The van der Waals surface area contributed by atoms with E-state index in [1.54, 1.807) is 31.5 Å². The Labute approximate surface area is 282 Å². The molecule has 0 atom stereocenters. The maximum Gasteiger partial charge on any atom is 0.294 e. The van der Waals surface area contributed by atoms with Crippen LogP contribution in [0, 0.1) is 6.92 Å². The van der Waals surface area contributed by atoms with E-state index in [0.29, 0.717) is 36.0 Å². The monoisotopic (exact) mass is 673 g/mol. The van der Waals surface area contributed by atoms with Gasteiger partial charge >= 0.3 is 0 Å². The Balaban J connectivity index is 0.000000443. The second kappa shape index (κ2) is 16.7. The molecular weight excluding hydrogens is 630 g/mol. The highest BCUT2D eigenvalue weighted by Gasteiger charge is 2.16. The third-order valence-corrected chi connectivity index (χ3v) is 8.04. The zero-order valence-corrected chi connectivity index (χ0v) is 27.9. The average Bonchev–Trinajstić information content (AvgIpc) is 3.38. The van der Waals surface area contributed by atoms with Crippen molar-refractivity contribution in [3.8, 4) is 22.8 Å². The molecule has 0 spiro atoms. The minimum atomic E-state index is -4.02. The molecule has 11 nitrogen and oxygen atoms in total. The van der Waals surface area contributed by atoms with E-state index in [-0.39, 0.29) is 18.2 Å². The fourth-order valence-corrected chi connectivity index (χ4v) is 5.21. The van der Waals surface area contributed by atoms with Crippen LogP contribution < -0.4 is 14.8 Å². The van der Waals surface area contributed by atoms with Gasteiger partial charge in [-0.05, 0) is 57.4 Å². The number of fused-ring (bicyclic) bond motifs is 1. The zero-order chi connectivity index (χ0) is 34.1. The maximum atomic E-state index is 12.1. The topological polar surface area (TPSA) is 136 Å². The summed E-state index contributed by atoms with van der Waals surface area (Å²) in [6.07, 6.45) is 5.49. The Kier molecular flexibility index (Phi) is 13.0. The molecule has 5 rings (SSSR count). The maximum absolute atomic E-state index is 12.1. The van der Waals surface area contributed by atoms with Gasteiger partial charge in [0.2, 0.25) is 5.91 Å². The first-order valence-corrected chi connectivity index (χ1v) is 16.2. The molecule has 2 N–H and O–H groups in total. The van der Waals surface area contributed by atoms with E-state index in [1.165, 1.54) is 18.2 Å². The van der Waals surface area contributed by atoms with Gasteiger partial charge in [0.25, 0.3) is 10.1 Å². The fourth-order valence-electron chi connectivity index (χ4n) is 4.73. The molecule has 2 heterocycles. The third-order valence-electron chi connectivity index (χ3n) is 7.17. The molecule has 2 aromatic heterocycles. The van der Waals surface area contributed by atoms with Crippen molar-refractivity contribution in [2.24, 2.45) is 7.05 Å². The molecule has 0 fully saturated rings. The summed E-state index contributed by atoms with van der Waals surface area (Å²) in [4.78, 5) is 23.4. The molecule has 3 aromatic carbocycles. The number of ether oxygens (including phenoxy) is 2. The smallest absolute Gasteiger partial charge is 0.294 e. The van der Waals surface area contributed by atoms with Crippen molar-refractivity contribution in [1.82, 2.24) is 19.4 Å². The minimum absolute atomic E-state index is 0. The van der Waals surface area contributed by atoms with Crippen LogP contribution in [0.2, 0.25) is 0 Å². The number of hydrogen-bond acceptors (Lipinski definition) is 8. The fraction of sp³-hybridized carbons (Fsp3) is 0.250. The summed E-state index contributed by atoms with van der Waals surface area (Å²) >= 11 is 0. The highest BCUT2D eigenvalue weighted by Crippen LogP contribution is 2.35. The number of benzene rings is 3. The lowest BCUT2D eigenvalue weighted by molar-refractivity contribution is -0.111. The van der Waals surface area contributed by atoms with E-state index in [4.69, 9.17) is 19.0 Å². The van der Waals surface area contributed by atoms with Crippen molar-refractivity contribution in [3.63, 3.8) is 0 Å². The quantitative estimate of drug-likeness (QED) is 0.125. The number of carbonyl (C=O) groups is 1. The first-order chi connectivity index (χ1) is 22.4. The van der Waals surface area contributed by atoms with Crippen molar-refractivity contribution in [3.05, 3.63) is 109 Å². The van der Waals surface area contributed by atoms with E-state index in [1.807, 2.05) is 57.2 Å². The second-order valence-electron chi connectivity index (χ2n) is 11.0. The summed E-state index contributed by atoms with van der Waals surface area (Å²) in [5.74, 6) is 1.47. The van der Waals surface area contributed by atoms with Gasteiger partial charge in [0, 0.05) is 60.5 Å². The first kappa shape index (κ1) is 37.4. The van der Waals surface area contributed by atoms with Crippen molar-refractivity contribution in [2.45, 2.75) is 25.7 Å². The normalized spacial score (nSPS) is 10.9. The van der Waals surface area contributed by atoms with Gasteiger partial charge in [-0.25, -0.2) is 9.97 Å². The van der Waals surface area contributed by atoms with E-state index in [9.17, 15) is 13.2 Å². The lowest BCUT2D eigenvalue weighted by Crippen LogP contribution is -2.20. The first-order valence-electron chi connectivity index (χ1n) is 14.7. The second-order valence-corrected chi connectivity index (χ2v) is 12.4. The van der Waals surface area contributed by atoms with Crippen LogP contribution in [-0.4, -0.2) is 72.7 Å². The molecule has 5 aromatic rings. The van der Waals surface area contributed by atoms with E-state index >= 15 is 0 Å². The molecular formula is C36H43N5O6S. The van der Waals surface area contributed by atoms with Gasteiger partial charge in [-0.3, -0.25) is 9.35 Å². The molecule has 48 heavy (non-hydrogen) atoms. The Morgan fingerprint density at radius 3 is 2.44 bits per heavy atom. The summed E-state index contributed by atoms with van der Waals surface area (Å²) in [7, 11) is 3.56. The van der Waals surface area contributed by atoms with Crippen LogP contribution in [0.4, 0.5) is 5.69 Å². The summed E-state index contributed by atoms with van der Waals surface area (Å²) in [6, 6.07) is 19.8. The minimum Gasteiger partial charge on any atom is -0.496 e. The summed E-state index contributed by atoms with van der Waals surface area (Å²) in [6.45, 7) is 6.58. The van der Waals surface area contributed by atoms with Gasteiger partial charge < -0.3 is 24.3 Å². The molecule has 12 heteroatoms. The van der Waals surface area contributed by atoms with Crippen LogP contribution in [0.3, 0.4) is 0 Å². The number of anilines is 1.